The summed E-state index contributed by atoms with van der Waals surface area (Å²) in [5, 5.41) is 13.3. The highest BCUT2D eigenvalue weighted by atomic mass is 16.5. The third-order valence-electron chi connectivity index (χ3n) is 4.29. The fraction of sp³-hybridized carbons (Fsp3) is 0.786. The molecule has 20 heavy (non-hydrogen) atoms. The number of nitrogens with zero attached hydrogens (tertiary/aromatic N) is 3. The number of hydrogen-bond donors (Lipinski definition) is 1. The summed E-state index contributed by atoms with van der Waals surface area (Å²) >= 11 is 0. The summed E-state index contributed by atoms with van der Waals surface area (Å²) in [7, 11) is 0. The maximum atomic E-state index is 11.4. The molecule has 0 aromatic carbocycles. The monoisotopic (exact) mass is 281 g/mol. The summed E-state index contributed by atoms with van der Waals surface area (Å²) in [5.41, 5.74) is -0.545. The zero-order valence-corrected chi connectivity index (χ0v) is 12.4. The average molecular weight is 281 g/mol. The second-order valence-corrected chi connectivity index (χ2v) is 5.92. The van der Waals surface area contributed by atoms with E-state index >= 15 is 0 Å². The van der Waals surface area contributed by atoms with Crippen LogP contribution in [-0.2, 0) is 11.3 Å². The van der Waals surface area contributed by atoms with E-state index in [1.807, 2.05) is 20.8 Å². The molecule has 6 nitrogen and oxygen atoms in total. The van der Waals surface area contributed by atoms with Crippen LogP contribution >= 0.6 is 0 Å². The second kappa shape index (κ2) is 5.91. The smallest absolute Gasteiger partial charge is 0.309 e. The topological polar surface area (TPSA) is 79.5 Å². The maximum absolute atomic E-state index is 11.4. The Hall–Kier alpha value is -1.43. The van der Waals surface area contributed by atoms with E-state index in [2.05, 4.69) is 15.0 Å². The Balaban J connectivity index is 1.92. The van der Waals surface area contributed by atoms with Crippen molar-refractivity contribution < 1.29 is 14.4 Å². The Kier molecular flexibility index (Phi) is 4.42. The highest BCUT2D eigenvalue weighted by molar-refractivity contribution is 5.74. The van der Waals surface area contributed by atoms with Crippen LogP contribution in [-0.4, -0.2) is 39.2 Å². The SMILES string of the molecule is CCC1(C(=O)O)CCN(Cc2noc(C(C)C)n2)CC1. The summed E-state index contributed by atoms with van der Waals surface area (Å²) in [6, 6.07) is 0. The molecule has 0 radical (unpaired) electrons. The van der Waals surface area contributed by atoms with Crippen molar-refractivity contribution in [1.82, 2.24) is 15.0 Å². The first-order valence-electron chi connectivity index (χ1n) is 7.25. The largest absolute Gasteiger partial charge is 0.481 e. The van der Waals surface area contributed by atoms with Gasteiger partial charge in [0.2, 0.25) is 5.89 Å². The van der Waals surface area contributed by atoms with E-state index in [4.69, 9.17) is 4.52 Å². The molecule has 1 N–H and O–H groups in total. The third-order valence-corrected chi connectivity index (χ3v) is 4.29. The lowest BCUT2D eigenvalue weighted by Crippen LogP contribution is -2.43. The number of aliphatic carboxylic acids is 1. The Morgan fingerprint density at radius 2 is 2.10 bits per heavy atom. The van der Waals surface area contributed by atoms with Gasteiger partial charge in [0.25, 0.3) is 0 Å². The molecule has 2 heterocycles. The molecule has 0 spiro atoms. The van der Waals surface area contributed by atoms with Crippen molar-refractivity contribution >= 4 is 5.97 Å². The number of rotatable bonds is 5. The van der Waals surface area contributed by atoms with Crippen LogP contribution in [0.2, 0.25) is 0 Å². The Bertz CT molecular complexity index is 462. The average Bonchev–Trinajstić information content (AvgIpc) is 2.88. The molecule has 6 heteroatoms. The van der Waals surface area contributed by atoms with E-state index in [0.29, 0.717) is 37.5 Å². The van der Waals surface area contributed by atoms with Gasteiger partial charge in [-0.15, -0.1) is 0 Å². The molecule has 112 valence electrons. The van der Waals surface area contributed by atoms with Crippen molar-refractivity contribution in [2.45, 2.75) is 52.5 Å². The summed E-state index contributed by atoms with van der Waals surface area (Å²) in [6.07, 6.45) is 2.07. The molecule has 1 saturated heterocycles. The molecule has 1 aliphatic rings. The number of piperidine rings is 1. The molecule has 0 unspecified atom stereocenters. The van der Waals surface area contributed by atoms with Crippen LogP contribution in [0.4, 0.5) is 0 Å². The fourth-order valence-electron chi connectivity index (χ4n) is 2.62. The van der Waals surface area contributed by atoms with Crippen LogP contribution in [0.5, 0.6) is 0 Å². The zero-order chi connectivity index (χ0) is 14.8. The minimum absolute atomic E-state index is 0.234. The van der Waals surface area contributed by atoms with Crippen molar-refractivity contribution in [3.05, 3.63) is 11.7 Å². The molecular formula is C14H23N3O3. The van der Waals surface area contributed by atoms with Crippen LogP contribution in [0.15, 0.2) is 4.52 Å². The number of aromatic nitrogens is 2. The highest BCUT2D eigenvalue weighted by Crippen LogP contribution is 2.35. The summed E-state index contributed by atoms with van der Waals surface area (Å²) in [6.45, 7) is 8.16. The fourth-order valence-corrected chi connectivity index (χ4v) is 2.62. The van der Waals surface area contributed by atoms with Gasteiger partial charge in [-0.3, -0.25) is 9.69 Å². The van der Waals surface area contributed by atoms with Crippen molar-refractivity contribution in [1.29, 1.82) is 0 Å². The van der Waals surface area contributed by atoms with Crippen LogP contribution in [0.25, 0.3) is 0 Å². The van der Waals surface area contributed by atoms with Gasteiger partial charge >= 0.3 is 5.97 Å². The molecule has 1 aromatic rings. The maximum Gasteiger partial charge on any atom is 0.309 e. The van der Waals surface area contributed by atoms with Gasteiger partial charge < -0.3 is 9.63 Å². The van der Waals surface area contributed by atoms with Crippen LogP contribution in [0, 0.1) is 5.41 Å². The van der Waals surface area contributed by atoms with Crippen LogP contribution in [0.1, 0.15) is 57.7 Å². The molecule has 2 rings (SSSR count). The van der Waals surface area contributed by atoms with E-state index < -0.39 is 11.4 Å². The lowest BCUT2D eigenvalue weighted by Gasteiger charge is -2.37. The van der Waals surface area contributed by atoms with Crippen molar-refractivity contribution in [3.63, 3.8) is 0 Å². The van der Waals surface area contributed by atoms with Crippen molar-refractivity contribution in [2.24, 2.45) is 5.41 Å². The van der Waals surface area contributed by atoms with Gasteiger partial charge in [-0.05, 0) is 32.4 Å². The number of carboxylic acid groups (broad SMARTS) is 1. The van der Waals surface area contributed by atoms with Crippen molar-refractivity contribution in [3.8, 4) is 0 Å². The van der Waals surface area contributed by atoms with Crippen LogP contribution in [0.3, 0.4) is 0 Å². The molecule has 1 aromatic heterocycles. The van der Waals surface area contributed by atoms with Crippen LogP contribution < -0.4 is 0 Å². The predicted molar refractivity (Wildman–Crippen MR) is 73.3 cm³/mol. The summed E-state index contributed by atoms with van der Waals surface area (Å²) < 4.78 is 5.19. The van der Waals surface area contributed by atoms with E-state index in [1.54, 1.807) is 0 Å². The Morgan fingerprint density at radius 1 is 1.45 bits per heavy atom. The molecule has 1 aliphatic heterocycles. The molecule has 0 atom stereocenters. The Morgan fingerprint density at radius 3 is 2.55 bits per heavy atom. The van der Waals surface area contributed by atoms with E-state index in [0.717, 1.165) is 13.1 Å². The van der Waals surface area contributed by atoms with Gasteiger partial charge in [-0.1, -0.05) is 25.9 Å². The highest BCUT2D eigenvalue weighted by Gasteiger charge is 2.39. The standard InChI is InChI=1S/C14H23N3O3/c1-4-14(13(18)19)5-7-17(8-6-14)9-11-15-12(10(2)3)20-16-11/h10H,4-9H2,1-3H3,(H,18,19). The quantitative estimate of drug-likeness (QED) is 0.892. The number of carboxylic acids is 1. The Labute approximate surface area is 119 Å². The first kappa shape index (κ1) is 15.0. The molecule has 1 fully saturated rings. The molecule has 0 amide bonds. The zero-order valence-electron chi connectivity index (χ0n) is 12.4. The molecular weight excluding hydrogens is 258 g/mol. The predicted octanol–water partition coefficient (Wildman–Crippen LogP) is 2.27. The number of carbonyl (C=O) groups is 1. The van der Waals surface area contributed by atoms with Crippen molar-refractivity contribution in [2.75, 3.05) is 13.1 Å². The van der Waals surface area contributed by atoms with Gasteiger partial charge in [-0.2, -0.15) is 4.98 Å². The van der Waals surface area contributed by atoms with Gasteiger partial charge in [0.1, 0.15) is 0 Å². The lowest BCUT2D eigenvalue weighted by molar-refractivity contribution is -0.152. The van der Waals surface area contributed by atoms with Gasteiger partial charge in [-0.25, -0.2) is 0 Å². The molecule has 0 bridgehead atoms. The second-order valence-electron chi connectivity index (χ2n) is 5.92. The minimum atomic E-state index is -0.665. The normalized spacial score (nSPS) is 19.4. The third kappa shape index (κ3) is 3.00. The van der Waals surface area contributed by atoms with E-state index in [-0.39, 0.29) is 5.92 Å². The van der Waals surface area contributed by atoms with E-state index in [9.17, 15) is 9.90 Å². The summed E-state index contributed by atoms with van der Waals surface area (Å²) in [5.74, 6) is 0.914. The van der Waals surface area contributed by atoms with Gasteiger partial charge in [0.05, 0.1) is 12.0 Å². The number of likely N-dealkylation sites (tertiary alicyclic amines) is 1. The first-order chi connectivity index (χ1) is 9.47. The van der Waals surface area contributed by atoms with E-state index in [1.165, 1.54) is 0 Å². The van der Waals surface area contributed by atoms with Gasteiger partial charge in [0.15, 0.2) is 5.82 Å². The molecule has 0 saturated carbocycles. The number of hydrogen-bond acceptors (Lipinski definition) is 5. The van der Waals surface area contributed by atoms with Gasteiger partial charge in [0, 0.05) is 5.92 Å². The lowest BCUT2D eigenvalue weighted by atomic mass is 9.76. The first-order valence-corrected chi connectivity index (χ1v) is 7.25. The minimum Gasteiger partial charge on any atom is -0.481 e. The summed E-state index contributed by atoms with van der Waals surface area (Å²) in [4.78, 5) is 18.0. The molecule has 0 aliphatic carbocycles.